The van der Waals surface area contributed by atoms with Crippen LogP contribution < -0.4 is 10.6 Å². The third kappa shape index (κ3) is 4.22. The lowest BCUT2D eigenvalue weighted by Gasteiger charge is -2.29. The minimum Gasteiger partial charge on any atom is -0.381 e. The first-order chi connectivity index (χ1) is 17.9. The van der Waals surface area contributed by atoms with Gasteiger partial charge in [-0.1, -0.05) is 6.07 Å². The van der Waals surface area contributed by atoms with Crippen molar-refractivity contribution in [2.75, 3.05) is 39.2 Å². The van der Waals surface area contributed by atoms with Crippen molar-refractivity contribution in [1.82, 2.24) is 24.0 Å². The second-order valence-electron chi connectivity index (χ2n) is 10.9. The molecular formula is C29H36N6O2. The van der Waals surface area contributed by atoms with E-state index in [2.05, 4.69) is 54.2 Å². The average Bonchev–Trinajstić information content (AvgIpc) is 3.52. The Morgan fingerprint density at radius 1 is 1.03 bits per heavy atom. The molecule has 194 valence electrons. The molecule has 1 aromatic carbocycles. The van der Waals surface area contributed by atoms with Crippen molar-refractivity contribution < 1.29 is 4.74 Å². The highest BCUT2D eigenvalue weighted by molar-refractivity contribution is 6.04. The van der Waals surface area contributed by atoms with Crippen molar-refractivity contribution in [1.29, 1.82) is 0 Å². The van der Waals surface area contributed by atoms with Gasteiger partial charge < -0.3 is 14.5 Å². The van der Waals surface area contributed by atoms with E-state index in [0.29, 0.717) is 6.04 Å². The van der Waals surface area contributed by atoms with E-state index in [1.165, 1.54) is 0 Å². The summed E-state index contributed by atoms with van der Waals surface area (Å²) in [5, 5.41) is 1.00. The van der Waals surface area contributed by atoms with Crippen molar-refractivity contribution in [2.24, 2.45) is 7.05 Å². The van der Waals surface area contributed by atoms with E-state index in [4.69, 9.17) is 14.7 Å². The summed E-state index contributed by atoms with van der Waals surface area (Å²) >= 11 is 0. The van der Waals surface area contributed by atoms with Gasteiger partial charge in [-0.05, 0) is 76.0 Å². The molecule has 4 heterocycles. The van der Waals surface area contributed by atoms with E-state index < -0.39 is 0 Å². The molecule has 37 heavy (non-hydrogen) atoms. The molecule has 6 rings (SSSR count). The van der Waals surface area contributed by atoms with Gasteiger partial charge in [-0.3, -0.25) is 14.1 Å². The van der Waals surface area contributed by atoms with Crippen molar-refractivity contribution in [2.45, 2.75) is 50.3 Å². The zero-order chi connectivity index (χ0) is 25.7. The number of anilines is 1. The summed E-state index contributed by atoms with van der Waals surface area (Å²) in [7, 11) is 7.91. The number of aromatic nitrogens is 4. The number of aryl methyl sites for hydroxylation is 1. The highest BCUT2D eigenvalue weighted by atomic mass is 16.5. The average molecular weight is 501 g/mol. The molecule has 0 bridgehead atoms. The van der Waals surface area contributed by atoms with Crippen molar-refractivity contribution in [3.05, 3.63) is 53.2 Å². The van der Waals surface area contributed by atoms with Crippen LogP contribution in [0.3, 0.4) is 0 Å². The summed E-state index contributed by atoms with van der Waals surface area (Å²) in [6.07, 6.45) is 9.11. The number of hydrogen-bond acceptors (Lipinski definition) is 6. The topological polar surface area (TPSA) is 68.4 Å². The molecule has 4 aromatic rings. The van der Waals surface area contributed by atoms with Crippen LogP contribution in [0.2, 0.25) is 0 Å². The summed E-state index contributed by atoms with van der Waals surface area (Å²) in [4.78, 5) is 27.6. The monoisotopic (exact) mass is 500 g/mol. The number of likely N-dealkylation sites (N-methyl/N-ethyl adjacent to an activating group) is 1. The maximum atomic E-state index is 13.4. The minimum atomic E-state index is 0.0177. The Kier molecular flexibility index (Phi) is 6.24. The van der Waals surface area contributed by atoms with Crippen molar-refractivity contribution >= 4 is 27.8 Å². The first-order valence-corrected chi connectivity index (χ1v) is 13.3. The van der Waals surface area contributed by atoms with E-state index >= 15 is 0 Å². The SMILES string of the molecule is CO[C@H]1CCC[C@H](n2c(=O)n(C)c3cnc4ccc(-c5ccc(N6CC[C@@H](N(C)C)C6)nc5)cc4c32)C1. The Morgan fingerprint density at radius 3 is 2.59 bits per heavy atom. The first kappa shape index (κ1) is 24.1. The van der Waals surface area contributed by atoms with Gasteiger partial charge in [0, 0.05) is 56.5 Å². The number of hydrogen-bond donors (Lipinski definition) is 0. The van der Waals surface area contributed by atoms with Crippen molar-refractivity contribution in [3.63, 3.8) is 0 Å². The molecule has 1 saturated carbocycles. The lowest BCUT2D eigenvalue weighted by atomic mass is 9.92. The quantitative estimate of drug-likeness (QED) is 0.409. The lowest BCUT2D eigenvalue weighted by molar-refractivity contribution is 0.0531. The second-order valence-corrected chi connectivity index (χ2v) is 10.9. The molecule has 2 aliphatic rings. The molecule has 0 amide bonds. The predicted octanol–water partition coefficient (Wildman–Crippen LogP) is 4.22. The van der Waals surface area contributed by atoms with Crippen LogP contribution in [-0.2, 0) is 11.8 Å². The maximum Gasteiger partial charge on any atom is 0.329 e. The lowest BCUT2D eigenvalue weighted by Crippen LogP contribution is -2.31. The molecule has 0 unspecified atom stereocenters. The molecule has 0 spiro atoms. The number of pyridine rings is 2. The van der Waals surface area contributed by atoms with Crippen LogP contribution in [0.1, 0.15) is 38.1 Å². The molecule has 3 atom stereocenters. The second kappa shape index (κ2) is 9.58. The van der Waals surface area contributed by atoms with Crippen molar-refractivity contribution in [3.8, 4) is 11.1 Å². The molecule has 2 fully saturated rings. The Morgan fingerprint density at radius 2 is 1.86 bits per heavy atom. The van der Waals surface area contributed by atoms with Gasteiger partial charge in [-0.25, -0.2) is 9.78 Å². The molecule has 1 aliphatic carbocycles. The molecule has 0 radical (unpaired) electrons. The summed E-state index contributed by atoms with van der Waals surface area (Å²) in [5.74, 6) is 1.03. The summed E-state index contributed by atoms with van der Waals surface area (Å²) in [5.41, 5.74) is 4.89. The minimum absolute atomic E-state index is 0.0177. The fourth-order valence-electron chi connectivity index (χ4n) is 6.23. The third-order valence-electron chi connectivity index (χ3n) is 8.51. The molecular weight excluding hydrogens is 464 g/mol. The van der Waals surface area contributed by atoms with Gasteiger partial charge in [-0.15, -0.1) is 0 Å². The first-order valence-electron chi connectivity index (χ1n) is 13.3. The Bertz CT molecular complexity index is 1490. The van der Waals surface area contributed by atoms with Crippen LogP contribution in [0.25, 0.3) is 33.1 Å². The fraction of sp³-hybridized carbons (Fsp3) is 0.483. The highest BCUT2D eigenvalue weighted by Crippen LogP contribution is 2.35. The fourth-order valence-corrected chi connectivity index (χ4v) is 6.23. The molecule has 1 saturated heterocycles. The Balaban J connectivity index is 1.40. The number of methoxy groups -OCH3 is 1. The van der Waals surface area contributed by atoms with E-state index in [9.17, 15) is 4.79 Å². The highest BCUT2D eigenvalue weighted by Gasteiger charge is 2.28. The largest absolute Gasteiger partial charge is 0.381 e. The van der Waals surface area contributed by atoms with Crippen LogP contribution in [0.15, 0.2) is 47.5 Å². The molecule has 8 heteroatoms. The number of fused-ring (bicyclic) bond motifs is 3. The predicted molar refractivity (Wildman–Crippen MR) is 148 cm³/mol. The smallest absolute Gasteiger partial charge is 0.329 e. The summed E-state index contributed by atoms with van der Waals surface area (Å²) < 4.78 is 9.42. The van der Waals surface area contributed by atoms with Gasteiger partial charge in [0.25, 0.3) is 0 Å². The molecule has 0 N–H and O–H groups in total. The van der Waals surface area contributed by atoms with Gasteiger partial charge in [0.05, 0.1) is 28.9 Å². The van der Waals surface area contributed by atoms with E-state index in [1.807, 2.05) is 24.0 Å². The molecule has 1 aliphatic heterocycles. The third-order valence-corrected chi connectivity index (χ3v) is 8.51. The summed E-state index contributed by atoms with van der Waals surface area (Å²) in [6, 6.07) is 11.3. The maximum absolute atomic E-state index is 13.4. The van der Waals surface area contributed by atoms with Gasteiger partial charge in [-0.2, -0.15) is 0 Å². The summed E-state index contributed by atoms with van der Waals surface area (Å²) in [6.45, 7) is 2.04. The van der Waals surface area contributed by atoms with Gasteiger partial charge in [0.15, 0.2) is 0 Å². The van der Waals surface area contributed by atoms with E-state index in [0.717, 1.165) is 84.1 Å². The van der Waals surface area contributed by atoms with Gasteiger partial charge in [0.1, 0.15) is 5.82 Å². The molecule has 3 aromatic heterocycles. The normalized spacial score (nSPS) is 22.5. The zero-order valence-electron chi connectivity index (χ0n) is 22.2. The Labute approximate surface area is 217 Å². The van der Waals surface area contributed by atoms with Crippen LogP contribution in [0.5, 0.6) is 0 Å². The van der Waals surface area contributed by atoms with Gasteiger partial charge >= 0.3 is 5.69 Å². The van der Waals surface area contributed by atoms with Crippen LogP contribution >= 0.6 is 0 Å². The number of ether oxygens (including phenoxy) is 1. The Hall–Kier alpha value is -3.23. The number of benzene rings is 1. The zero-order valence-corrected chi connectivity index (χ0v) is 22.2. The van der Waals surface area contributed by atoms with E-state index in [1.54, 1.807) is 11.7 Å². The van der Waals surface area contributed by atoms with Crippen LogP contribution in [0, 0.1) is 0 Å². The van der Waals surface area contributed by atoms with Gasteiger partial charge in [0.2, 0.25) is 0 Å². The van der Waals surface area contributed by atoms with Crippen LogP contribution in [0.4, 0.5) is 5.82 Å². The number of nitrogens with zero attached hydrogens (tertiary/aromatic N) is 6. The number of imidazole rings is 1. The van der Waals surface area contributed by atoms with Crippen LogP contribution in [-0.4, -0.2) is 70.4 Å². The molecule has 8 nitrogen and oxygen atoms in total. The van der Waals surface area contributed by atoms with E-state index in [-0.39, 0.29) is 17.8 Å². The number of rotatable bonds is 5. The standard InChI is InChI=1S/C29H36N6O2/c1-32(2)22-12-13-34(18-22)27-11-9-20(16-31-27)19-8-10-25-24(14-19)28-26(17-30-25)33(3)29(36)35(28)21-6-5-7-23(15-21)37-4/h8-11,14,16-17,21-23H,5-7,12-13,15,18H2,1-4H3/t21-,22+,23-/m0/s1.